The third-order valence-corrected chi connectivity index (χ3v) is 3.46. The van der Waals surface area contributed by atoms with Crippen molar-refractivity contribution < 1.29 is 4.79 Å². The van der Waals surface area contributed by atoms with Crippen LogP contribution in [0.4, 0.5) is 5.95 Å². The Labute approximate surface area is 120 Å². The molecular weight excluding hydrogens is 278 g/mol. The number of amides is 1. The Morgan fingerprint density at radius 3 is 2.95 bits per heavy atom. The summed E-state index contributed by atoms with van der Waals surface area (Å²) in [5.41, 5.74) is 6.38. The fraction of sp³-hybridized carbons (Fsp3) is 0.455. The van der Waals surface area contributed by atoms with E-state index in [9.17, 15) is 4.79 Å². The van der Waals surface area contributed by atoms with Gasteiger partial charge in [0.15, 0.2) is 0 Å². The number of imidazole rings is 1. The molecule has 0 radical (unpaired) electrons. The SMILES string of the molecule is CC[C@@H](NC(=O)CSc1n[nH]c(N)n1)c1ncc(C)[nH]1. The van der Waals surface area contributed by atoms with E-state index in [1.165, 1.54) is 11.8 Å². The Hall–Kier alpha value is -2.03. The smallest absolute Gasteiger partial charge is 0.231 e. The number of aromatic nitrogens is 5. The van der Waals surface area contributed by atoms with E-state index >= 15 is 0 Å². The van der Waals surface area contributed by atoms with Crippen LogP contribution in [0.1, 0.15) is 30.9 Å². The molecule has 0 bridgehead atoms. The fourth-order valence-electron chi connectivity index (χ4n) is 1.66. The lowest BCUT2D eigenvalue weighted by atomic mass is 10.2. The highest BCUT2D eigenvalue weighted by Gasteiger charge is 2.16. The number of thioether (sulfide) groups is 1. The third kappa shape index (κ3) is 3.73. The van der Waals surface area contributed by atoms with E-state index in [1.54, 1.807) is 6.20 Å². The van der Waals surface area contributed by atoms with E-state index in [0.717, 1.165) is 17.9 Å². The molecule has 0 aliphatic heterocycles. The summed E-state index contributed by atoms with van der Waals surface area (Å²) >= 11 is 1.23. The second kappa shape index (κ2) is 6.42. The van der Waals surface area contributed by atoms with E-state index < -0.39 is 0 Å². The molecule has 2 aromatic rings. The zero-order valence-corrected chi connectivity index (χ0v) is 12.1. The van der Waals surface area contributed by atoms with Crippen LogP contribution in [0.2, 0.25) is 0 Å². The number of hydrogen-bond acceptors (Lipinski definition) is 6. The van der Waals surface area contributed by atoms with Crippen molar-refractivity contribution >= 4 is 23.6 Å². The molecule has 0 unspecified atom stereocenters. The number of H-pyrrole nitrogens is 2. The first kappa shape index (κ1) is 14.4. The van der Waals surface area contributed by atoms with Gasteiger partial charge in [-0.2, -0.15) is 4.98 Å². The van der Waals surface area contributed by atoms with Crippen molar-refractivity contribution in [2.45, 2.75) is 31.5 Å². The van der Waals surface area contributed by atoms with Gasteiger partial charge in [0, 0.05) is 11.9 Å². The average Bonchev–Trinajstić information content (AvgIpc) is 3.02. The molecule has 0 aliphatic carbocycles. The van der Waals surface area contributed by atoms with Gasteiger partial charge in [-0.3, -0.25) is 4.79 Å². The van der Waals surface area contributed by atoms with E-state index in [4.69, 9.17) is 5.73 Å². The number of nitrogens with two attached hydrogens (primary N) is 1. The Morgan fingerprint density at radius 1 is 1.60 bits per heavy atom. The lowest BCUT2D eigenvalue weighted by molar-refractivity contribution is -0.119. The summed E-state index contributed by atoms with van der Waals surface area (Å²) in [6.07, 6.45) is 2.51. The van der Waals surface area contributed by atoms with Crippen molar-refractivity contribution in [2.24, 2.45) is 0 Å². The molecule has 2 aromatic heterocycles. The van der Waals surface area contributed by atoms with Crippen LogP contribution in [-0.2, 0) is 4.79 Å². The Morgan fingerprint density at radius 2 is 2.40 bits per heavy atom. The van der Waals surface area contributed by atoms with Crippen molar-refractivity contribution in [3.05, 3.63) is 17.7 Å². The number of nitrogens with one attached hydrogen (secondary N) is 3. The monoisotopic (exact) mass is 295 g/mol. The molecule has 108 valence electrons. The molecule has 1 atom stereocenters. The summed E-state index contributed by atoms with van der Waals surface area (Å²) in [6.45, 7) is 3.92. The van der Waals surface area contributed by atoms with E-state index in [1.807, 2.05) is 13.8 Å². The first-order chi connectivity index (χ1) is 9.58. The van der Waals surface area contributed by atoms with Crippen LogP contribution in [0.3, 0.4) is 0 Å². The van der Waals surface area contributed by atoms with E-state index in [2.05, 4.69) is 30.5 Å². The highest BCUT2D eigenvalue weighted by Crippen LogP contribution is 2.15. The van der Waals surface area contributed by atoms with Gasteiger partial charge in [0.05, 0.1) is 11.8 Å². The van der Waals surface area contributed by atoms with E-state index in [-0.39, 0.29) is 23.7 Å². The third-order valence-electron chi connectivity index (χ3n) is 2.61. The molecule has 1 amide bonds. The molecular formula is C11H17N7OS. The van der Waals surface area contributed by atoms with Crippen LogP contribution < -0.4 is 11.1 Å². The standard InChI is InChI=1S/C11H17N7OS/c1-3-7(9-13-4-6(2)14-9)15-8(19)5-20-11-16-10(12)17-18-11/h4,7H,3,5H2,1-2H3,(H,13,14)(H,15,19)(H3,12,16,17,18)/t7-/m1/s1. The molecule has 5 N–H and O–H groups in total. The summed E-state index contributed by atoms with van der Waals surface area (Å²) in [5.74, 6) is 1.14. The van der Waals surface area contributed by atoms with Crippen molar-refractivity contribution in [3.63, 3.8) is 0 Å². The molecule has 2 heterocycles. The van der Waals surface area contributed by atoms with Crippen LogP contribution in [0.15, 0.2) is 11.4 Å². The maximum absolute atomic E-state index is 11.9. The lowest BCUT2D eigenvalue weighted by Gasteiger charge is -2.14. The molecule has 0 saturated carbocycles. The Kier molecular flexibility index (Phi) is 4.61. The quantitative estimate of drug-likeness (QED) is 0.583. The molecule has 0 saturated heterocycles. The van der Waals surface area contributed by atoms with Gasteiger partial charge >= 0.3 is 0 Å². The summed E-state index contributed by atoms with van der Waals surface area (Å²) in [6, 6.07) is -0.117. The number of anilines is 1. The minimum Gasteiger partial charge on any atom is -0.368 e. The van der Waals surface area contributed by atoms with Gasteiger partial charge in [0.25, 0.3) is 0 Å². The number of carbonyl (C=O) groups excluding carboxylic acids is 1. The van der Waals surface area contributed by atoms with Crippen LogP contribution in [-0.4, -0.2) is 36.8 Å². The van der Waals surface area contributed by atoms with Crippen LogP contribution in [0, 0.1) is 6.92 Å². The maximum Gasteiger partial charge on any atom is 0.231 e. The minimum absolute atomic E-state index is 0.0979. The molecule has 9 heteroatoms. The Bertz CT molecular complexity index is 579. The zero-order valence-electron chi connectivity index (χ0n) is 11.3. The predicted octanol–water partition coefficient (Wildman–Crippen LogP) is 0.778. The van der Waals surface area contributed by atoms with Gasteiger partial charge in [-0.05, 0) is 13.3 Å². The van der Waals surface area contributed by atoms with Gasteiger partial charge in [0.2, 0.25) is 17.0 Å². The average molecular weight is 295 g/mol. The molecule has 2 rings (SSSR count). The normalized spacial score (nSPS) is 12.3. The Balaban J connectivity index is 1.86. The van der Waals surface area contributed by atoms with Gasteiger partial charge in [-0.25, -0.2) is 10.1 Å². The molecule has 0 fully saturated rings. The topological polar surface area (TPSA) is 125 Å². The molecule has 0 aliphatic rings. The zero-order chi connectivity index (χ0) is 14.5. The second-order valence-electron chi connectivity index (χ2n) is 4.27. The largest absolute Gasteiger partial charge is 0.368 e. The van der Waals surface area contributed by atoms with Gasteiger partial charge in [-0.15, -0.1) is 5.10 Å². The summed E-state index contributed by atoms with van der Waals surface area (Å²) < 4.78 is 0. The molecule has 0 aromatic carbocycles. The number of aromatic amines is 2. The number of aryl methyl sites for hydroxylation is 1. The van der Waals surface area contributed by atoms with E-state index in [0.29, 0.717) is 5.16 Å². The highest BCUT2D eigenvalue weighted by molar-refractivity contribution is 7.99. The fourth-order valence-corrected chi connectivity index (χ4v) is 2.28. The number of hydrogen-bond donors (Lipinski definition) is 4. The lowest BCUT2D eigenvalue weighted by Crippen LogP contribution is -2.30. The van der Waals surface area contributed by atoms with Crippen LogP contribution >= 0.6 is 11.8 Å². The van der Waals surface area contributed by atoms with Crippen molar-refractivity contribution in [1.29, 1.82) is 0 Å². The molecule has 20 heavy (non-hydrogen) atoms. The minimum atomic E-state index is -0.117. The summed E-state index contributed by atoms with van der Waals surface area (Å²) in [4.78, 5) is 23.2. The molecule has 0 spiro atoms. The number of nitrogens with zero attached hydrogens (tertiary/aromatic N) is 3. The van der Waals surface area contributed by atoms with Crippen molar-refractivity contribution in [1.82, 2.24) is 30.5 Å². The predicted molar refractivity (Wildman–Crippen MR) is 76.0 cm³/mol. The van der Waals surface area contributed by atoms with Crippen molar-refractivity contribution in [2.75, 3.05) is 11.5 Å². The first-order valence-electron chi connectivity index (χ1n) is 6.20. The van der Waals surface area contributed by atoms with Gasteiger partial charge in [0.1, 0.15) is 5.82 Å². The second-order valence-corrected chi connectivity index (χ2v) is 5.21. The number of nitrogen functional groups attached to an aromatic ring is 1. The first-order valence-corrected chi connectivity index (χ1v) is 7.18. The van der Waals surface area contributed by atoms with Crippen LogP contribution in [0.25, 0.3) is 0 Å². The molecule has 8 nitrogen and oxygen atoms in total. The summed E-state index contributed by atoms with van der Waals surface area (Å²) in [5, 5.41) is 9.75. The highest BCUT2D eigenvalue weighted by atomic mass is 32.2. The van der Waals surface area contributed by atoms with Crippen LogP contribution in [0.5, 0.6) is 0 Å². The number of carbonyl (C=O) groups is 1. The van der Waals surface area contributed by atoms with Gasteiger partial charge < -0.3 is 16.0 Å². The summed E-state index contributed by atoms with van der Waals surface area (Å²) in [7, 11) is 0. The van der Waals surface area contributed by atoms with Crippen molar-refractivity contribution in [3.8, 4) is 0 Å². The van der Waals surface area contributed by atoms with Gasteiger partial charge in [-0.1, -0.05) is 18.7 Å². The maximum atomic E-state index is 11.9. The number of rotatable bonds is 6.